The molecule has 15 nitrogen and oxygen atoms in total. The molecule has 4 aliphatic heterocycles. The van der Waals surface area contributed by atoms with E-state index in [0.717, 1.165) is 12.1 Å². The first-order valence-corrected chi connectivity index (χ1v) is 19.6. The average molecular weight is 792 g/mol. The summed E-state index contributed by atoms with van der Waals surface area (Å²) < 4.78 is 51.9. The van der Waals surface area contributed by atoms with Crippen LogP contribution in [0.25, 0.3) is 39.0 Å². The van der Waals surface area contributed by atoms with Crippen LogP contribution in [0.1, 0.15) is 18.1 Å². The highest BCUT2D eigenvalue weighted by Crippen LogP contribution is 2.36. The van der Waals surface area contributed by atoms with Crippen LogP contribution < -0.4 is 15.0 Å². The molecule has 0 spiro atoms. The predicted molar refractivity (Wildman–Crippen MR) is 211 cm³/mol. The standard InChI is InChI=1S/C41H43F2N11O4/c1-23-45-32-14-25(43)13-29-31-5-4-6-36(47-31)46-26-16-34(41(55)50(2)20-28(56-3)22-52(23)38(29)32)53(19-26)39-30-18-44-54-33-8-7-24(42)15-35(33)58-12-10-51-9-11-57-27(21-51)17-37(48-39)49-40(30)54/h4-8,13-15,18,26-28,34H,9-12,16-17,19-22H2,1-3H3,(H,46,47)/t26-,27-,28-,34-/m0/s1. The molecule has 0 radical (unpaired) electrons. The molecular formula is C41H43F2N11O4. The number of hydrogen-bond acceptors (Lipinski definition) is 12. The third kappa shape index (κ3) is 6.56. The number of aromatic nitrogens is 7. The molecule has 300 valence electrons. The lowest BCUT2D eigenvalue weighted by Crippen LogP contribution is -2.47. The third-order valence-electron chi connectivity index (χ3n) is 11.7. The van der Waals surface area contributed by atoms with Gasteiger partial charge in [0, 0.05) is 77.0 Å². The molecule has 0 saturated carbocycles. The molecular weight excluding hydrogens is 749 g/mol. The summed E-state index contributed by atoms with van der Waals surface area (Å²) in [5, 5.41) is 9.00. The highest BCUT2D eigenvalue weighted by Gasteiger charge is 2.41. The maximum Gasteiger partial charge on any atom is 0.245 e. The van der Waals surface area contributed by atoms with Gasteiger partial charge in [-0.2, -0.15) is 5.10 Å². The van der Waals surface area contributed by atoms with Crippen molar-refractivity contribution in [3.05, 3.63) is 78.0 Å². The van der Waals surface area contributed by atoms with Crippen LogP contribution in [0.4, 0.5) is 20.4 Å². The molecule has 5 atom stereocenters. The minimum absolute atomic E-state index is 0.107. The van der Waals surface area contributed by atoms with Crippen molar-refractivity contribution in [2.24, 2.45) is 0 Å². The maximum absolute atomic E-state index is 15.1. The number of morpholine rings is 1. The van der Waals surface area contributed by atoms with Gasteiger partial charge in [0.05, 0.1) is 53.7 Å². The maximum atomic E-state index is 15.1. The SMILES string of the molecule is CO[C@H]1CN(C)C(=O)[C@@H]2C[C@@H](CN2c2nc3nc4c2cnn4-c2ccc(F)cc2OCCN2CCO[C@@H](C3)C2)Nc2cccc(n2)-c2cc(F)cc3nc(C)n(c23)C1. The summed E-state index contributed by atoms with van der Waals surface area (Å²) in [5.74, 6) is 1.79. The number of benzene rings is 2. The number of halogens is 2. The van der Waals surface area contributed by atoms with E-state index in [1.165, 1.54) is 24.3 Å². The van der Waals surface area contributed by atoms with Crippen LogP contribution in [0.5, 0.6) is 5.75 Å². The minimum Gasteiger partial charge on any atom is -0.490 e. The quantitative estimate of drug-likeness (QED) is 0.271. The fourth-order valence-corrected chi connectivity index (χ4v) is 8.91. The van der Waals surface area contributed by atoms with Gasteiger partial charge in [-0.25, -0.2) is 33.4 Å². The van der Waals surface area contributed by atoms with Gasteiger partial charge in [0.1, 0.15) is 59.0 Å². The molecule has 8 heterocycles. The molecule has 2 fully saturated rings. The molecule has 1 N–H and O–H groups in total. The second-order valence-corrected chi connectivity index (χ2v) is 15.5. The van der Waals surface area contributed by atoms with E-state index >= 15 is 4.39 Å². The highest BCUT2D eigenvalue weighted by molar-refractivity contribution is 5.94. The molecule has 4 aromatic heterocycles. The first-order valence-electron chi connectivity index (χ1n) is 19.6. The summed E-state index contributed by atoms with van der Waals surface area (Å²) in [6, 6.07) is 12.1. The smallest absolute Gasteiger partial charge is 0.245 e. The lowest BCUT2D eigenvalue weighted by atomic mass is 10.1. The molecule has 1 unspecified atom stereocenters. The van der Waals surface area contributed by atoms with Crippen LogP contribution in [0, 0.1) is 18.6 Å². The Morgan fingerprint density at radius 3 is 2.71 bits per heavy atom. The van der Waals surface area contributed by atoms with Crippen LogP contribution in [-0.2, 0) is 27.2 Å². The largest absolute Gasteiger partial charge is 0.490 e. The van der Waals surface area contributed by atoms with E-state index < -0.39 is 23.8 Å². The summed E-state index contributed by atoms with van der Waals surface area (Å²) in [7, 11) is 3.42. The highest BCUT2D eigenvalue weighted by atomic mass is 19.1. The molecule has 8 bridgehead atoms. The van der Waals surface area contributed by atoms with Crippen LogP contribution in [-0.4, -0.2) is 134 Å². The number of imidazole rings is 1. The number of carbonyl (C=O) groups is 1. The first kappa shape index (κ1) is 36.6. The zero-order chi connectivity index (χ0) is 39.7. The summed E-state index contributed by atoms with van der Waals surface area (Å²) in [5.41, 5.74) is 3.51. The number of pyridine rings is 1. The minimum atomic E-state index is -0.635. The zero-order valence-electron chi connectivity index (χ0n) is 32.4. The molecule has 1 amide bonds. The number of rotatable bonds is 2. The molecule has 10 rings (SSSR count). The van der Waals surface area contributed by atoms with Crippen molar-refractivity contribution in [3.8, 4) is 22.7 Å². The van der Waals surface area contributed by atoms with Crippen LogP contribution in [0.2, 0.25) is 0 Å². The van der Waals surface area contributed by atoms with Gasteiger partial charge < -0.3 is 33.9 Å². The van der Waals surface area contributed by atoms with E-state index in [0.29, 0.717) is 115 Å². The zero-order valence-corrected chi connectivity index (χ0v) is 32.4. The number of hydrogen-bond donors (Lipinski definition) is 1. The van der Waals surface area contributed by atoms with E-state index in [-0.39, 0.29) is 24.6 Å². The molecule has 4 aliphatic rings. The van der Waals surface area contributed by atoms with Gasteiger partial charge in [-0.3, -0.25) is 9.69 Å². The topological polar surface area (TPSA) is 141 Å². The Bertz CT molecular complexity index is 2560. The van der Waals surface area contributed by atoms with Gasteiger partial charge in [-0.1, -0.05) is 6.07 Å². The molecule has 58 heavy (non-hydrogen) atoms. The van der Waals surface area contributed by atoms with Gasteiger partial charge in [0.15, 0.2) is 5.65 Å². The Labute approximate surface area is 332 Å². The van der Waals surface area contributed by atoms with Crippen LogP contribution >= 0.6 is 0 Å². The number of likely N-dealkylation sites (N-methyl/N-ethyl adjacent to an activating group) is 1. The second-order valence-electron chi connectivity index (χ2n) is 15.5. The number of carbonyl (C=O) groups excluding carboxylic acids is 1. The number of amides is 1. The summed E-state index contributed by atoms with van der Waals surface area (Å²) in [4.78, 5) is 40.8. The van der Waals surface area contributed by atoms with Crippen molar-refractivity contribution in [3.63, 3.8) is 0 Å². The van der Waals surface area contributed by atoms with Crippen molar-refractivity contribution >= 4 is 39.6 Å². The monoisotopic (exact) mass is 791 g/mol. The Morgan fingerprint density at radius 2 is 1.83 bits per heavy atom. The summed E-state index contributed by atoms with van der Waals surface area (Å²) >= 11 is 0. The van der Waals surface area contributed by atoms with Crippen LogP contribution in [0.15, 0.2) is 54.7 Å². The van der Waals surface area contributed by atoms with E-state index in [1.54, 1.807) is 36.0 Å². The molecule has 0 aliphatic carbocycles. The average Bonchev–Trinajstić information content (AvgIpc) is 3.91. The van der Waals surface area contributed by atoms with Crippen LogP contribution in [0.3, 0.4) is 0 Å². The lowest BCUT2D eigenvalue weighted by Gasteiger charge is -2.33. The predicted octanol–water partition coefficient (Wildman–Crippen LogP) is 4.00. The Kier molecular flexibility index (Phi) is 9.17. The van der Waals surface area contributed by atoms with Crippen molar-refractivity contribution in [2.45, 2.75) is 50.6 Å². The summed E-state index contributed by atoms with van der Waals surface area (Å²) in [6.45, 7) is 5.89. The van der Waals surface area contributed by atoms with Gasteiger partial charge in [-0.15, -0.1) is 0 Å². The van der Waals surface area contributed by atoms with Crippen molar-refractivity contribution in [1.82, 2.24) is 44.1 Å². The normalized spacial score (nSPS) is 23.7. The van der Waals surface area contributed by atoms with E-state index in [4.69, 9.17) is 39.2 Å². The Morgan fingerprint density at radius 1 is 0.948 bits per heavy atom. The Balaban J connectivity index is 1.10. The number of nitrogens with zero attached hydrogens (tertiary/aromatic N) is 10. The molecule has 2 saturated heterocycles. The van der Waals surface area contributed by atoms with Crippen molar-refractivity contribution in [2.75, 3.05) is 70.3 Å². The van der Waals surface area contributed by atoms with Gasteiger partial charge in [-0.05, 0) is 43.7 Å². The second kappa shape index (κ2) is 14.6. The van der Waals surface area contributed by atoms with Gasteiger partial charge in [0.2, 0.25) is 5.91 Å². The fourth-order valence-electron chi connectivity index (χ4n) is 8.91. The number of methoxy groups -OCH3 is 1. The van der Waals surface area contributed by atoms with E-state index in [9.17, 15) is 9.18 Å². The third-order valence-corrected chi connectivity index (χ3v) is 11.7. The number of nitrogens with one attached hydrogen (secondary N) is 1. The number of anilines is 2. The summed E-state index contributed by atoms with van der Waals surface area (Å²) in [6.07, 6.45) is 1.98. The number of fused-ring (bicyclic) bond motifs is 10. The van der Waals surface area contributed by atoms with Crippen molar-refractivity contribution in [1.29, 1.82) is 0 Å². The van der Waals surface area contributed by atoms with Crippen molar-refractivity contribution < 1.29 is 27.8 Å². The van der Waals surface area contributed by atoms with E-state index in [2.05, 4.69) is 10.2 Å². The molecule has 6 aromatic rings. The fraction of sp³-hybridized carbons (Fsp3) is 0.415. The molecule has 2 aromatic carbocycles. The van der Waals surface area contributed by atoms with Gasteiger partial charge in [0.25, 0.3) is 0 Å². The van der Waals surface area contributed by atoms with Gasteiger partial charge >= 0.3 is 0 Å². The molecule has 17 heteroatoms. The Hall–Kier alpha value is -5.78. The first-order chi connectivity index (χ1) is 28.2. The number of ether oxygens (including phenoxy) is 3. The number of aryl methyl sites for hydroxylation is 1. The lowest BCUT2D eigenvalue weighted by molar-refractivity contribution is -0.132. The van der Waals surface area contributed by atoms with E-state index in [1.807, 2.05) is 34.6 Å².